The predicted molar refractivity (Wildman–Crippen MR) is 148 cm³/mol. The Morgan fingerprint density at radius 1 is 1.03 bits per heavy atom. The molecule has 0 unspecified atom stereocenters. The highest BCUT2D eigenvalue weighted by Gasteiger charge is 2.28. The fraction of sp³-hybridized carbons (Fsp3) is 0.500. The molecule has 0 fully saturated rings. The van der Waals surface area contributed by atoms with Crippen LogP contribution in [0.1, 0.15) is 45.6 Å². The number of carbonyl (C=O) groups excluding carboxylic acids is 2. The van der Waals surface area contributed by atoms with Gasteiger partial charge in [-0.05, 0) is 42.9 Å². The summed E-state index contributed by atoms with van der Waals surface area (Å²) in [5.41, 5.74) is 1.56. The van der Waals surface area contributed by atoms with Gasteiger partial charge in [0.15, 0.2) is 0 Å². The van der Waals surface area contributed by atoms with Crippen LogP contribution in [0.15, 0.2) is 54.6 Å². The lowest BCUT2D eigenvalue weighted by Gasteiger charge is -2.31. The molecule has 37 heavy (non-hydrogen) atoms. The normalized spacial score (nSPS) is 12.2. The molecule has 8 nitrogen and oxygen atoms in total. The van der Waals surface area contributed by atoms with Gasteiger partial charge in [-0.25, -0.2) is 8.42 Å². The molecule has 0 spiro atoms. The monoisotopic (exact) mass is 531 g/mol. The van der Waals surface area contributed by atoms with E-state index in [2.05, 4.69) is 5.32 Å². The SMILES string of the molecule is CC[C@@H](C(=O)NCC(C)C)N(CCc1ccccc1)C(=O)CCCN(c1cccc(OC)c1)S(C)(=O)=O. The average Bonchev–Trinajstić information content (AvgIpc) is 2.87. The molecule has 0 aliphatic heterocycles. The van der Waals surface area contributed by atoms with Gasteiger partial charge < -0.3 is 15.0 Å². The minimum atomic E-state index is -3.57. The molecule has 204 valence electrons. The van der Waals surface area contributed by atoms with Gasteiger partial charge in [-0.2, -0.15) is 0 Å². The van der Waals surface area contributed by atoms with E-state index in [1.54, 1.807) is 29.2 Å². The smallest absolute Gasteiger partial charge is 0.242 e. The number of rotatable bonds is 15. The Bertz CT molecular complexity index is 1110. The molecule has 0 bridgehead atoms. The third-order valence-electron chi connectivity index (χ3n) is 6.05. The summed E-state index contributed by atoms with van der Waals surface area (Å²) < 4.78 is 31.5. The number of methoxy groups -OCH3 is 1. The molecule has 0 aromatic heterocycles. The zero-order valence-electron chi connectivity index (χ0n) is 22.6. The molecule has 2 aromatic carbocycles. The third-order valence-corrected chi connectivity index (χ3v) is 7.24. The zero-order chi connectivity index (χ0) is 27.4. The van der Waals surface area contributed by atoms with Crippen molar-refractivity contribution >= 4 is 27.5 Å². The van der Waals surface area contributed by atoms with Gasteiger partial charge in [0.05, 0.1) is 19.1 Å². The Balaban J connectivity index is 2.16. The molecule has 9 heteroatoms. The summed E-state index contributed by atoms with van der Waals surface area (Å²) in [6, 6.07) is 16.1. The molecule has 0 saturated carbocycles. The third kappa shape index (κ3) is 9.72. The van der Waals surface area contributed by atoms with Crippen molar-refractivity contribution in [2.75, 3.05) is 37.3 Å². The Morgan fingerprint density at radius 2 is 1.73 bits per heavy atom. The quantitative estimate of drug-likeness (QED) is 0.377. The molecule has 2 aromatic rings. The fourth-order valence-electron chi connectivity index (χ4n) is 4.09. The molecule has 2 rings (SSSR count). The lowest BCUT2D eigenvalue weighted by molar-refractivity contribution is -0.140. The first kappa shape index (κ1) is 30.2. The number of hydrogen-bond acceptors (Lipinski definition) is 5. The number of nitrogens with zero attached hydrogens (tertiary/aromatic N) is 2. The van der Waals surface area contributed by atoms with Crippen LogP contribution < -0.4 is 14.4 Å². The van der Waals surface area contributed by atoms with Gasteiger partial charge in [-0.1, -0.05) is 57.2 Å². The van der Waals surface area contributed by atoms with Crippen LogP contribution in [0, 0.1) is 5.92 Å². The van der Waals surface area contributed by atoms with Crippen LogP contribution in [0.2, 0.25) is 0 Å². The minimum Gasteiger partial charge on any atom is -0.497 e. The first-order chi connectivity index (χ1) is 17.6. The van der Waals surface area contributed by atoms with Crippen molar-refractivity contribution < 1.29 is 22.7 Å². The molecular formula is C28H41N3O5S. The predicted octanol–water partition coefficient (Wildman–Crippen LogP) is 3.86. The minimum absolute atomic E-state index is 0.124. The van der Waals surface area contributed by atoms with E-state index < -0.39 is 16.1 Å². The Hall–Kier alpha value is -3.07. The molecule has 1 atom stereocenters. The molecular weight excluding hydrogens is 490 g/mol. The van der Waals surface area contributed by atoms with Gasteiger partial charge in [-0.3, -0.25) is 13.9 Å². The van der Waals surface area contributed by atoms with E-state index >= 15 is 0 Å². The topological polar surface area (TPSA) is 96.0 Å². The van der Waals surface area contributed by atoms with Gasteiger partial charge in [0.1, 0.15) is 11.8 Å². The van der Waals surface area contributed by atoms with Crippen molar-refractivity contribution in [2.45, 2.75) is 52.5 Å². The van der Waals surface area contributed by atoms with E-state index in [-0.39, 0.29) is 24.8 Å². The molecule has 0 aliphatic carbocycles. The lowest BCUT2D eigenvalue weighted by atomic mass is 10.1. The maximum atomic E-state index is 13.4. The van der Waals surface area contributed by atoms with E-state index in [1.165, 1.54) is 11.4 Å². The summed E-state index contributed by atoms with van der Waals surface area (Å²) >= 11 is 0. The van der Waals surface area contributed by atoms with Crippen LogP contribution in [0.4, 0.5) is 5.69 Å². The van der Waals surface area contributed by atoms with Crippen molar-refractivity contribution in [1.82, 2.24) is 10.2 Å². The van der Waals surface area contributed by atoms with E-state index in [0.29, 0.717) is 49.7 Å². The van der Waals surface area contributed by atoms with Crippen LogP contribution >= 0.6 is 0 Å². The second-order valence-electron chi connectivity index (χ2n) is 9.53. The van der Waals surface area contributed by atoms with Gasteiger partial charge >= 0.3 is 0 Å². The van der Waals surface area contributed by atoms with Crippen molar-refractivity contribution in [3.63, 3.8) is 0 Å². The summed E-state index contributed by atoms with van der Waals surface area (Å²) in [6.45, 7) is 7.03. The number of nitrogens with one attached hydrogen (secondary N) is 1. The molecule has 0 radical (unpaired) electrons. The number of amides is 2. The average molecular weight is 532 g/mol. The van der Waals surface area contributed by atoms with Gasteiger partial charge in [0.25, 0.3) is 0 Å². The summed E-state index contributed by atoms with van der Waals surface area (Å²) in [6.07, 6.45) is 2.70. The first-order valence-corrected chi connectivity index (χ1v) is 14.6. The Labute approximate surface area is 222 Å². The van der Waals surface area contributed by atoms with Crippen LogP contribution in [-0.4, -0.2) is 64.2 Å². The van der Waals surface area contributed by atoms with Crippen LogP contribution in [0.25, 0.3) is 0 Å². The van der Waals surface area contributed by atoms with E-state index in [1.807, 2.05) is 51.1 Å². The van der Waals surface area contributed by atoms with Crippen molar-refractivity contribution in [2.24, 2.45) is 5.92 Å². The summed E-state index contributed by atoms with van der Waals surface area (Å²) in [5, 5.41) is 2.96. The first-order valence-electron chi connectivity index (χ1n) is 12.8. The van der Waals surface area contributed by atoms with E-state index in [0.717, 1.165) is 11.8 Å². The summed E-state index contributed by atoms with van der Waals surface area (Å²) in [5.74, 6) is 0.523. The fourth-order valence-corrected chi connectivity index (χ4v) is 5.05. The van der Waals surface area contributed by atoms with Crippen LogP contribution in [0.5, 0.6) is 5.75 Å². The van der Waals surface area contributed by atoms with Crippen LogP contribution in [0.3, 0.4) is 0 Å². The highest BCUT2D eigenvalue weighted by molar-refractivity contribution is 7.92. The molecule has 0 aliphatic rings. The number of carbonyl (C=O) groups is 2. The molecule has 0 saturated heterocycles. The molecule has 1 N–H and O–H groups in total. The van der Waals surface area contributed by atoms with E-state index in [4.69, 9.17) is 4.74 Å². The summed E-state index contributed by atoms with van der Waals surface area (Å²) in [4.78, 5) is 28.1. The molecule has 0 heterocycles. The maximum absolute atomic E-state index is 13.4. The van der Waals surface area contributed by atoms with Crippen molar-refractivity contribution in [1.29, 1.82) is 0 Å². The van der Waals surface area contributed by atoms with Crippen molar-refractivity contribution in [3.05, 3.63) is 60.2 Å². The summed E-state index contributed by atoms with van der Waals surface area (Å²) in [7, 11) is -2.05. The Morgan fingerprint density at radius 3 is 2.32 bits per heavy atom. The van der Waals surface area contributed by atoms with Crippen molar-refractivity contribution in [3.8, 4) is 5.75 Å². The number of anilines is 1. The standard InChI is InChI=1S/C28H41N3O5S/c1-6-26(28(33)29-21-22(2)3)30(19-17-23-12-8-7-9-13-23)27(32)16-11-18-31(37(5,34)35)24-14-10-15-25(20-24)36-4/h7-10,12-15,20,22,26H,6,11,16-19,21H2,1-5H3,(H,29,33)/t26-/m0/s1. The molecule has 2 amide bonds. The number of benzene rings is 2. The number of hydrogen-bond donors (Lipinski definition) is 1. The van der Waals surface area contributed by atoms with E-state index in [9.17, 15) is 18.0 Å². The number of ether oxygens (including phenoxy) is 1. The highest BCUT2D eigenvalue weighted by Crippen LogP contribution is 2.24. The maximum Gasteiger partial charge on any atom is 0.242 e. The van der Waals surface area contributed by atoms with Gasteiger partial charge in [-0.15, -0.1) is 0 Å². The number of sulfonamides is 1. The second-order valence-corrected chi connectivity index (χ2v) is 11.4. The van der Waals surface area contributed by atoms with Gasteiger partial charge in [0.2, 0.25) is 21.8 Å². The van der Waals surface area contributed by atoms with Gasteiger partial charge in [0, 0.05) is 32.1 Å². The lowest BCUT2D eigenvalue weighted by Crippen LogP contribution is -2.50. The van der Waals surface area contributed by atoms with Crippen LogP contribution in [-0.2, 0) is 26.0 Å². The largest absolute Gasteiger partial charge is 0.497 e. The second kappa shape index (κ2) is 14.6. The highest BCUT2D eigenvalue weighted by atomic mass is 32.2. The zero-order valence-corrected chi connectivity index (χ0v) is 23.5. The Kier molecular flexibility index (Phi) is 11.9.